The fourth-order valence-corrected chi connectivity index (χ4v) is 38.8. The van der Waals surface area contributed by atoms with E-state index >= 15 is 0 Å². The van der Waals surface area contributed by atoms with Gasteiger partial charge in [0.05, 0.1) is 11.1 Å². The molecule has 0 saturated heterocycles. The van der Waals surface area contributed by atoms with Crippen molar-refractivity contribution < 1.29 is 21.2 Å². The van der Waals surface area contributed by atoms with Crippen LogP contribution in [0.5, 0.6) is 0 Å². The molecule has 0 unspecified atom stereocenters. The van der Waals surface area contributed by atoms with Crippen LogP contribution in [0.1, 0.15) is 99.8 Å². The molecule has 0 fully saturated rings. The summed E-state index contributed by atoms with van der Waals surface area (Å²) in [6, 6.07) is 16.6. The second kappa shape index (κ2) is 24.0. The smallest absolute Gasteiger partial charge is 0.335 e. The number of rotatable bonds is 16. The predicted octanol–water partition coefficient (Wildman–Crippen LogP) is 8.42. The SMILES string of the molecule is CCC[CH2][SnH2][O][Sn]([CH2]CCC)([CH2]CCC)[CH2]CCC.O=C(O)c1ccccc1.O=C(O)c1ccccc1. The summed E-state index contributed by atoms with van der Waals surface area (Å²) in [5.41, 5.74) is 0.662. The monoisotopic (exact) mass is 730 g/mol. The third-order valence-electron chi connectivity index (χ3n) is 6.16. The molecule has 0 aliphatic rings. The maximum atomic E-state index is 10.2. The van der Waals surface area contributed by atoms with Crippen LogP contribution in [0.3, 0.4) is 0 Å². The van der Waals surface area contributed by atoms with Gasteiger partial charge >= 0.3 is 151 Å². The van der Waals surface area contributed by atoms with E-state index in [1.54, 1.807) is 60.7 Å². The third-order valence-corrected chi connectivity index (χ3v) is 37.2. The van der Waals surface area contributed by atoms with E-state index in [1.165, 1.54) is 69.1 Å². The maximum Gasteiger partial charge on any atom is 0.335 e. The van der Waals surface area contributed by atoms with Crippen LogP contribution >= 0.6 is 0 Å². The van der Waals surface area contributed by atoms with Crippen molar-refractivity contribution in [2.24, 2.45) is 0 Å². The van der Waals surface area contributed by atoms with Gasteiger partial charge in [0.2, 0.25) is 0 Å². The van der Waals surface area contributed by atoms with Gasteiger partial charge in [0.25, 0.3) is 0 Å². The zero-order valence-electron chi connectivity index (χ0n) is 23.6. The molecule has 2 N–H and O–H groups in total. The van der Waals surface area contributed by atoms with Gasteiger partial charge in [-0.25, -0.2) is 9.59 Å². The largest absolute Gasteiger partial charge is 0.478 e. The fourth-order valence-electron chi connectivity index (χ4n) is 3.89. The van der Waals surface area contributed by atoms with Gasteiger partial charge < -0.3 is 10.2 Å². The van der Waals surface area contributed by atoms with E-state index in [9.17, 15) is 9.59 Å². The number of benzene rings is 2. The Kier molecular flexibility index (Phi) is 23.3. The van der Waals surface area contributed by atoms with E-state index in [1.807, 2.05) is 0 Å². The van der Waals surface area contributed by atoms with Crippen molar-refractivity contribution in [1.82, 2.24) is 0 Å². The molecule has 0 bridgehead atoms. The van der Waals surface area contributed by atoms with Gasteiger partial charge in [-0.05, 0) is 24.3 Å². The Morgan fingerprint density at radius 2 is 1.00 bits per heavy atom. The first kappa shape index (κ1) is 35.9. The molecule has 0 saturated carbocycles. The van der Waals surface area contributed by atoms with Crippen molar-refractivity contribution in [1.29, 1.82) is 0 Å². The minimum atomic E-state index is -2.14. The number of aromatic carboxylic acids is 2. The summed E-state index contributed by atoms with van der Waals surface area (Å²) in [5.74, 6) is -1.76. The second-order valence-corrected chi connectivity index (χ2v) is 30.0. The molecular weight excluding hydrogens is 678 g/mol. The molecule has 0 aromatic heterocycles. The zero-order chi connectivity index (χ0) is 27.8. The van der Waals surface area contributed by atoms with Gasteiger partial charge in [-0.1, -0.05) is 36.4 Å². The Labute approximate surface area is 240 Å². The molecule has 0 amide bonds. The summed E-state index contributed by atoms with van der Waals surface area (Å²) < 4.78 is 13.0. The minimum Gasteiger partial charge on any atom is -0.478 e. The van der Waals surface area contributed by atoms with E-state index in [4.69, 9.17) is 11.6 Å². The minimum absolute atomic E-state index is 0.331. The number of carbonyl (C=O) groups is 2. The Morgan fingerprint density at radius 3 is 1.27 bits per heavy atom. The zero-order valence-corrected chi connectivity index (χ0v) is 30.5. The standard InChI is InChI=1S/2C7H6O2.4C4H9.O.2Sn.2H/c2*8-7(9)6-4-2-1-3-5-6;4*1-3-4-2;;;;;/h2*1-5H,(H,8,9);4*1,3-4H2,2H3;;;;;. The van der Waals surface area contributed by atoms with Crippen LogP contribution in [0.15, 0.2) is 60.7 Å². The average molecular weight is 728 g/mol. The van der Waals surface area contributed by atoms with E-state index < -0.39 is 52.3 Å². The van der Waals surface area contributed by atoms with Crippen molar-refractivity contribution in [2.75, 3.05) is 0 Å². The Hall–Kier alpha value is -1.06. The van der Waals surface area contributed by atoms with Crippen molar-refractivity contribution in [3.63, 3.8) is 0 Å². The molecule has 37 heavy (non-hydrogen) atoms. The first-order valence-corrected chi connectivity index (χ1v) is 25.8. The molecule has 2 aromatic rings. The molecule has 0 atom stereocenters. The number of carboxylic acids is 2. The maximum absolute atomic E-state index is 10.2. The average Bonchev–Trinajstić information content (AvgIpc) is 2.93. The molecule has 7 heteroatoms. The summed E-state index contributed by atoms with van der Waals surface area (Å²) in [7, 11) is 0. The molecule has 2 rings (SSSR count). The Morgan fingerprint density at radius 1 is 0.649 bits per heavy atom. The van der Waals surface area contributed by atoms with Gasteiger partial charge in [0.1, 0.15) is 0 Å². The molecular formula is C30H50O5Sn2. The first-order chi connectivity index (χ1) is 17.9. The molecule has 0 aliphatic carbocycles. The topological polar surface area (TPSA) is 83.8 Å². The molecule has 2 aromatic carbocycles. The van der Waals surface area contributed by atoms with Crippen LogP contribution < -0.4 is 0 Å². The van der Waals surface area contributed by atoms with Crippen LogP contribution in [0, 0.1) is 0 Å². The molecule has 0 heterocycles. The van der Waals surface area contributed by atoms with Crippen molar-refractivity contribution in [3.05, 3.63) is 71.8 Å². The van der Waals surface area contributed by atoms with Crippen LogP contribution in [-0.2, 0) is 1.41 Å². The van der Waals surface area contributed by atoms with Crippen LogP contribution in [0.2, 0.25) is 17.7 Å². The second-order valence-electron chi connectivity index (χ2n) is 9.39. The summed E-state index contributed by atoms with van der Waals surface area (Å²) in [4.78, 5) is 20.4. The third kappa shape index (κ3) is 18.8. The van der Waals surface area contributed by atoms with Gasteiger partial charge in [0, 0.05) is 0 Å². The quantitative estimate of drug-likeness (QED) is 0.134. The molecule has 0 spiro atoms. The summed E-state index contributed by atoms with van der Waals surface area (Å²) in [6.07, 6.45) is 11.2. The summed E-state index contributed by atoms with van der Waals surface area (Å²) in [5, 5.41) is 16.8. The fraction of sp³-hybridized carbons (Fsp3) is 0.533. The van der Waals surface area contributed by atoms with E-state index in [0.717, 1.165) is 0 Å². The molecule has 0 aliphatic heterocycles. The Bertz CT molecular complexity index is 744. The van der Waals surface area contributed by atoms with E-state index in [2.05, 4.69) is 27.7 Å². The van der Waals surface area contributed by atoms with Crippen LogP contribution in [0.4, 0.5) is 0 Å². The van der Waals surface area contributed by atoms with Crippen molar-refractivity contribution in [2.45, 2.75) is 96.8 Å². The summed E-state index contributed by atoms with van der Waals surface area (Å²) in [6.45, 7) is 9.34. The van der Waals surface area contributed by atoms with Crippen molar-refractivity contribution in [3.8, 4) is 0 Å². The van der Waals surface area contributed by atoms with Crippen LogP contribution in [0.25, 0.3) is 0 Å². The van der Waals surface area contributed by atoms with Crippen LogP contribution in [-0.4, -0.2) is 62.5 Å². The number of carboxylic acid groups (broad SMARTS) is 2. The first-order valence-electron chi connectivity index (χ1n) is 14.1. The number of unbranched alkanes of at least 4 members (excludes halogenated alkanes) is 4. The van der Waals surface area contributed by atoms with Gasteiger partial charge in [0.15, 0.2) is 0 Å². The number of hydrogen-bond acceptors (Lipinski definition) is 3. The van der Waals surface area contributed by atoms with Gasteiger partial charge in [-0.3, -0.25) is 0 Å². The Balaban J connectivity index is 0.000000591. The van der Waals surface area contributed by atoms with Gasteiger partial charge in [-0.15, -0.1) is 0 Å². The normalized spacial score (nSPS) is 10.8. The molecule has 208 valence electrons. The van der Waals surface area contributed by atoms with Gasteiger partial charge in [-0.2, -0.15) is 0 Å². The van der Waals surface area contributed by atoms with E-state index in [-0.39, 0.29) is 0 Å². The number of hydrogen-bond donors (Lipinski definition) is 2. The van der Waals surface area contributed by atoms with Crippen molar-refractivity contribution >= 4 is 52.3 Å². The molecule has 0 radical (unpaired) electrons. The predicted molar refractivity (Wildman–Crippen MR) is 161 cm³/mol. The molecule has 5 nitrogen and oxygen atoms in total. The summed E-state index contributed by atoms with van der Waals surface area (Å²) >= 11 is -2.98. The van der Waals surface area contributed by atoms with E-state index in [0.29, 0.717) is 11.1 Å².